The highest BCUT2D eigenvalue weighted by Crippen LogP contribution is 2.45. The van der Waals surface area contributed by atoms with Crippen LogP contribution in [0.25, 0.3) is 85.9 Å². The molecular formula is C42H26S. The second-order valence-corrected chi connectivity index (χ2v) is 12.2. The summed E-state index contributed by atoms with van der Waals surface area (Å²) >= 11 is 1.71. The molecule has 1 heterocycles. The number of hydrogen-bond donors (Lipinski definition) is 0. The van der Waals surface area contributed by atoms with E-state index in [1.165, 1.54) is 65.0 Å². The van der Waals surface area contributed by atoms with Crippen molar-refractivity contribution >= 4 is 63.8 Å². The Morgan fingerprint density at radius 3 is 1.84 bits per heavy atom. The van der Waals surface area contributed by atoms with Crippen molar-refractivity contribution in [2.24, 2.45) is 0 Å². The SMILES string of the molecule is [2H]c1ccc2cc(-c3c4ccccc4c(-c4cccc(-c5cccc6sc7c([2H])cccc7c56)c4)c4ccccc34)ccc2c1. The topological polar surface area (TPSA) is 0 Å². The quantitative estimate of drug-likeness (QED) is 0.187. The molecule has 0 fully saturated rings. The third kappa shape index (κ3) is 3.82. The van der Waals surface area contributed by atoms with Gasteiger partial charge in [0.2, 0.25) is 0 Å². The van der Waals surface area contributed by atoms with Crippen LogP contribution in [0.5, 0.6) is 0 Å². The Morgan fingerprint density at radius 2 is 1.07 bits per heavy atom. The average Bonchev–Trinajstić information content (AvgIpc) is 3.47. The van der Waals surface area contributed by atoms with Crippen molar-refractivity contribution in [2.75, 3.05) is 0 Å². The standard InChI is InChI=1S/C42H26S/c1-2-12-28-25-31(24-23-27(28)11-1)41-35-17-5-3-15-33(35)40(34-16-4-6-18-36(34)41)30-14-9-13-29(26-30)32-20-10-22-39-42(32)37-19-7-8-21-38(37)43-39/h1-26H/i1D,21D. The number of hydrogen-bond acceptors (Lipinski definition) is 1. The minimum atomic E-state index is 0.530. The summed E-state index contributed by atoms with van der Waals surface area (Å²) in [6.07, 6.45) is 0. The fourth-order valence-electron chi connectivity index (χ4n) is 6.82. The van der Waals surface area contributed by atoms with Crippen LogP contribution in [0.4, 0.5) is 0 Å². The van der Waals surface area contributed by atoms with Gasteiger partial charge in [0.05, 0.1) is 2.74 Å². The first-order chi connectivity index (χ1) is 22.1. The highest BCUT2D eigenvalue weighted by atomic mass is 32.1. The Kier molecular flexibility index (Phi) is 5.03. The zero-order valence-electron chi connectivity index (χ0n) is 25.3. The molecule has 0 saturated heterocycles. The molecule has 0 saturated carbocycles. The van der Waals surface area contributed by atoms with Crippen LogP contribution in [0.3, 0.4) is 0 Å². The van der Waals surface area contributed by atoms with Gasteiger partial charge in [0.15, 0.2) is 0 Å². The minimum Gasteiger partial charge on any atom is -0.135 e. The molecule has 9 rings (SSSR count). The van der Waals surface area contributed by atoms with Gasteiger partial charge in [0, 0.05) is 20.2 Å². The van der Waals surface area contributed by atoms with Gasteiger partial charge in [-0.25, -0.2) is 0 Å². The van der Waals surface area contributed by atoms with Crippen LogP contribution in [0.1, 0.15) is 2.74 Å². The summed E-state index contributed by atoms with van der Waals surface area (Å²) in [4.78, 5) is 0. The molecule has 43 heavy (non-hydrogen) atoms. The van der Waals surface area contributed by atoms with E-state index >= 15 is 0 Å². The maximum Gasteiger partial charge on any atom is 0.0638 e. The highest BCUT2D eigenvalue weighted by Gasteiger charge is 2.18. The third-order valence-corrected chi connectivity index (χ3v) is 9.79. The van der Waals surface area contributed by atoms with Gasteiger partial charge in [-0.1, -0.05) is 133 Å². The van der Waals surface area contributed by atoms with Crippen molar-refractivity contribution < 1.29 is 2.74 Å². The van der Waals surface area contributed by atoms with Crippen LogP contribution in [0.2, 0.25) is 0 Å². The lowest BCUT2D eigenvalue weighted by Gasteiger charge is -2.18. The van der Waals surface area contributed by atoms with E-state index in [4.69, 9.17) is 2.74 Å². The van der Waals surface area contributed by atoms with Crippen LogP contribution < -0.4 is 0 Å². The Hall–Kier alpha value is -5.24. The Bertz CT molecular complexity index is 2570. The highest BCUT2D eigenvalue weighted by molar-refractivity contribution is 7.25. The molecule has 0 nitrogen and oxygen atoms in total. The first-order valence-electron chi connectivity index (χ1n) is 15.6. The summed E-state index contributed by atoms with van der Waals surface area (Å²) in [7, 11) is 0. The molecule has 200 valence electrons. The molecule has 0 N–H and O–H groups in total. The fourth-order valence-corrected chi connectivity index (χ4v) is 7.92. The zero-order chi connectivity index (χ0) is 30.1. The van der Waals surface area contributed by atoms with Crippen molar-refractivity contribution in [3.63, 3.8) is 0 Å². The van der Waals surface area contributed by atoms with Crippen molar-refractivity contribution in [3.05, 3.63) is 158 Å². The van der Waals surface area contributed by atoms with E-state index in [2.05, 4.69) is 115 Å². The lowest BCUT2D eigenvalue weighted by Crippen LogP contribution is -1.91. The first kappa shape index (κ1) is 22.4. The Balaban J connectivity index is 1.31. The van der Waals surface area contributed by atoms with E-state index in [1.807, 2.05) is 30.3 Å². The smallest absolute Gasteiger partial charge is 0.0638 e. The van der Waals surface area contributed by atoms with Crippen LogP contribution in [0.15, 0.2) is 158 Å². The second-order valence-electron chi connectivity index (χ2n) is 11.1. The first-order valence-corrected chi connectivity index (χ1v) is 15.4. The molecule has 1 heteroatoms. The van der Waals surface area contributed by atoms with E-state index in [9.17, 15) is 0 Å². The van der Waals surface area contributed by atoms with Crippen LogP contribution in [-0.2, 0) is 0 Å². The zero-order valence-corrected chi connectivity index (χ0v) is 24.1. The largest absolute Gasteiger partial charge is 0.135 e. The second kappa shape index (κ2) is 9.66. The molecule has 0 bridgehead atoms. The number of fused-ring (bicyclic) bond motifs is 6. The number of benzene rings is 8. The molecule has 9 aromatic rings. The summed E-state index contributed by atoms with van der Waals surface area (Å²) in [5.74, 6) is 0. The van der Waals surface area contributed by atoms with E-state index < -0.39 is 0 Å². The predicted octanol–water partition coefficient (Wildman–Crippen LogP) is 12.5. The van der Waals surface area contributed by atoms with E-state index in [0.29, 0.717) is 12.1 Å². The maximum atomic E-state index is 8.50. The van der Waals surface area contributed by atoms with Crippen LogP contribution >= 0.6 is 11.3 Å². The third-order valence-electron chi connectivity index (χ3n) is 8.69. The van der Waals surface area contributed by atoms with E-state index in [1.54, 1.807) is 11.3 Å². The van der Waals surface area contributed by atoms with Gasteiger partial charge < -0.3 is 0 Å². The van der Waals surface area contributed by atoms with Gasteiger partial charge in [-0.3, -0.25) is 0 Å². The van der Waals surface area contributed by atoms with Crippen LogP contribution in [0, 0.1) is 0 Å². The molecule has 0 aliphatic heterocycles. The van der Waals surface area contributed by atoms with Crippen LogP contribution in [-0.4, -0.2) is 0 Å². The molecule has 0 atom stereocenters. The molecule has 1 aromatic heterocycles. The summed E-state index contributed by atoms with van der Waals surface area (Å²) < 4.78 is 18.8. The fraction of sp³-hybridized carbons (Fsp3) is 0. The van der Waals surface area contributed by atoms with Crippen molar-refractivity contribution in [2.45, 2.75) is 0 Å². The van der Waals surface area contributed by atoms with Crippen molar-refractivity contribution in [1.29, 1.82) is 0 Å². The van der Waals surface area contributed by atoms with Crippen molar-refractivity contribution in [3.8, 4) is 33.4 Å². The summed E-state index contributed by atoms with van der Waals surface area (Å²) in [5.41, 5.74) is 7.21. The van der Waals surface area contributed by atoms with E-state index in [-0.39, 0.29) is 0 Å². The molecule has 0 amide bonds. The maximum absolute atomic E-state index is 8.50. The lowest BCUT2D eigenvalue weighted by atomic mass is 9.85. The minimum absolute atomic E-state index is 0.530. The molecule has 0 unspecified atom stereocenters. The molecule has 0 aliphatic carbocycles. The molecule has 0 radical (unpaired) electrons. The Morgan fingerprint density at radius 1 is 0.419 bits per heavy atom. The van der Waals surface area contributed by atoms with Gasteiger partial charge >= 0.3 is 0 Å². The average molecular weight is 565 g/mol. The normalized spacial score (nSPS) is 12.4. The summed E-state index contributed by atoms with van der Waals surface area (Å²) in [6, 6.07) is 52.6. The van der Waals surface area contributed by atoms with Gasteiger partial charge in [0.25, 0.3) is 0 Å². The van der Waals surface area contributed by atoms with Crippen molar-refractivity contribution in [1.82, 2.24) is 0 Å². The molecular weight excluding hydrogens is 537 g/mol. The molecule has 8 aromatic carbocycles. The van der Waals surface area contributed by atoms with Gasteiger partial charge in [0.1, 0.15) is 0 Å². The van der Waals surface area contributed by atoms with Gasteiger partial charge in [-0.2, -0.15) is 0 Å². The number of rotatable bonds is 3. The molecule has 0 spiro atoms. The van der Waals surface area contributed by atoms with Gasteiger partial charge in [-0.15, -0.1) is 11.3 Å². The van der Waals surface area contributed by atoms with E-state index in [0.717, 1.165) is 20.9 Å². The summed E-state index contributed by atoms with van der Waals surface area (Å²) in [6.45, 7) is 0. The Labute approximate surface area is 256 Å². The lowest BCUT2D eigenvalue weighted by molar-refractivity contribution is 1.64. The predicted molar refractivity (Wildman–Crippen MR) is 188 cm³/mol. The molecule has 0 aliphatic rings. The number of thiophene rings is 1. The van der Waals surface area contributed by atoms with Gasteiger partial charge in [-0.05, 0) is 89.9 Å². The summed E-state index contributed by atoms with van der Waals surface area (Å²) in [5, 5.41) is 9.50. The monoisotopic (exact) mass is 564 g/mol.